The lowest BCUT2D eigenvalue weighted by Crippen LogP contribution is -2.46. The number of nitrogens with zero attached hydrogens (tertiary/aromatic N) is 1. The molecule has 1 fully saturated rings. The molecule has 9 heteroatoms. The van der Waals surface area contributed by atoms with Crippen molar-refractivity contribution in [2.75, 3.05) is 32.0 Å². The number of hydrogen-bond donors (Lipinski definition) is 2. The molecule has 1 heterocycles. The molecule has 29 heavy (non-hydrogen) atoms. The highest BCUT2D eigenvalue weighted by atomic mass is 32.2. The van der Waals surface area contributed by atoms with Crippen LogP contribution in [0, 0.1) is 0 Å². The zero-order chi connectivity index (χ0) is 21.2. The molecule has 0 spiro atoms. The number of esters is 1. The second-order valence-corrected chi connectivity index (χ2v) is 7.65. The normalized spacial score (nSPS) is 14.2. The average molecular weight is 422 g/mol. The molecule has 3 amide bonds. The molecule has 1 aliphatic rings. The van der Waals surface area contributed by atoms with E-state index in [2.05, 4.69) is 10.6 Å². The van der Waals surface area contributed by atoms with Crippen LogP contribution in [-0.4, -0.2) is 66.6 Å². The number of nitrogens with one attached hydrogen (secondary N) is 2. The molecule has 1 aliphatic heterocycles. The highest BCUT2D eigenvalue weighted by Gasteiger charge is 2.20. The van der Waals surface area contributed by atoms with Crippen molar-refractivity contribution in [3.8, 4) is 0 Å². The topological polar surface area (TPSA) is 105 Å². The standard InChI is InChI=1S/C20H27N3O5S/c1-3-21-19(26)14(2)22-17(24)12-28-20(27)15-8-4-5-9-16(15)29-13-18(25)23-10-6-7-11-23/h4-5,8-9,14H,3,6-7,10-13H2,1-2H3,(H,21,26)(H,22,24)/t14-/m1/s1. The monoisotopic (exact) mass is 421 g/mol. The first-order valence-electron chi connectivity index (χ1n) is 9.66. The number of likely N-dealkylation sites (N-methyl/N-ethyl adjacent to an activating group) is 1. The Morgan fingerprint density at radius 2 is 1.86 bits per heavy atom. The fourth-order valence-corrected chi connectivity index (χ4v) is 3.79. The summed E-state index contributed by atoms with van der Waals surface area (Å²) in [4.78, 5) is 50.6. The summed E-state index contributed by atoms with van der Waals surface area (Å²) in [6, 6.07) is 6.09. The van der Waals surface area contributed by atoms with Gasteiger partial charge in [-0.2, -0.15) is 0 Å². The number of carbonyl (C=O) groups excluding carboxylic acids is 4. The van der Waals surface area contributed by atoms with E-state index in [0.29, 0.717) is 17.0 Å². The molecule has 0 radical (unpaired) electrons. The third-order valence-electron chi connectivity index (χ3n) is 4.37. The van der Waals surface area contributed by atoms with Gasteiger partial charge in [-0.3, -0.25) is 14.4 Å². The number of hydrogen-bond acceptors (Lipinski definition) is 6. The van der Waals surface area contributed by atoms with Crippen molar-refractivity contribution in [2.45, 2.75) is 37.6 Å². The van der Waals surface area contributed by atoms with Crippen molar-refractivity contribution in [2.24, 2.45) is 0 Å². The van der Waals surface area contributed by atoms with Crippen molar-refractivity contribution in [1.82, 2.24) is 15.5 Å². The van der Waals surface area contributed by atoms with E-state index in [-0.39, 0.29) is 17.6 Å². The number of ether oxygens (including phenoxy) is 1. The summed E-state index contributed by atoms with van der Waals surface area (Å²) >= 11 is 1.28. The Balaban J connectivity index is 1.86. The molecular weight excluding hydrogens is 394 g/mol. The lowest BCUT2D eigenvalue weighted by molar-refractivity contribution is -0.130. The van der Waals surface area contributed by atoms with Crippen LogP contribution in [0.25, 0.3) is 0 Å². The van der Waals surface area contributed by atoms with Gasteiger partial charge >= 0.3 is 5.97 Å². The van der Waals surface area contributed by atoms with E-state index < -0.39 is 24.5 Å². The van der Waals surface area contributed by atoms with Crippen molar-refractivity contribution in [1.29, 1.82) is 0 Å². The van der Waals surface area contributed by atoms with Gasteiger partial charge in [0.15, 0.2) is 6.61 Å². The molecule has 0 aliphatic carbocycles. The third-order valence-corrected chi connectivity index (χ3v) is 5.43. The van der Waals surface area contributed by atoms with Gasteiger partial charge in [0.25, 0.3) is 5.91 Å². The smallest absolute Gasteiger partial charge is 0.339 e. The van der Waals surface area contributed by atoms with Gasteiger partial charge in [-0.15, -0.1) is 11.8 Å². The Kier molecular flexibility index (Phi) is 8.98. The van der Waals surface area contributed by atoms with Crippen LogP contribution in [0.3, 0.4) is 0 Å². The molecular formula is C20H27N3O5S. The van der Waals surface area contributed by atoms with Crippen molar-refractivity contribution < 1.29 is 23.9 Å². The predicted octanol–water partition coefficient (Wildman–Crippen LogP) is 1.20. The molecule has 0 aromatic heterocycles. The van der Waals surface area contributed by atoms with E-state index >= 15 is 0 Å². The Bertz CT molecular complexity index is 749. The van der Waals surface area contributed by atoms with Crippen molar-refractivity contribution in [3.05, 3.63) is 29.8 Å². The van der Waals surface area contributed by atoms with Crippen LogP contribution in [0.4, 0.5) is 0 Å². The molecule has 1 atom stereocenters. The number of likely N-dealkylation sites (tertiary alicyclic amines) is 1. The molecule has 0 saturated carbocycles. The van der Waals surface area contributed by atoms with E-state index in [1.165, 1.54) is 11.8 Å². The van der Waals surface area contributed by atoms with Crippen LogP contribution in [0.15, 0.2) is 29.2 Å². The van der Waals surface area contributed by atoms with Crippen LogP contribution in [-0.2, 0) is 19.1 Å². The van der Waals surface area contributed by atoms with Crippen LogP contribution in [0.2, 0.25) is 0 Å². The van der Waals surface area contributed by atoms with E-state index in [1.807, 2.05) is 4.90 Å². The second-order valence-electron chi connectivity index (χ2n) is 6.63. The zero-order valence-electron chi connectivity index (χ0n) is 16.7. The number of benzene rings is 1. The number of rotatable bonds is 9. The zero-order valence-corrected chi connectivity index (χ0v) is 17.5. The largest absolute Gasteiger partial charge is 0.452 e. The van der Waals surface area contributed by atoms with Gasteiger partial charge in [0, 0.05) is 24.5 Å². The average Bonchev–Trinajstić information content (AvgIpc) is 3.25. The highest BCUT2D eigenvalue weighted by molar-refractivity contribution is 8.00. The SMILES string of the molecule is CCNC(=O)[C@@H](C)NC(=O)COC(=O)c1ccccc1SCC(=O)N1CCCC1. The van der Waals surface area contributed by atoms with Crippen LogP contribution >= 0.6 is 11.8 Å². The minimum atomic E-state index is -0.722. The molecule has 0 unspecified atom stereocenters. The molecule has 1 aromatic carbocycles. The van der Waals surface area contributed by atoms with Gasteiger partial charge in [0.1, 0.15) is 6.04 Å². The first-order chi connectivity index (χ1) is 13.9. The molecule has 2 N–H and O–H groups in total. The molecule has 2 rings (SSSR count). The Hall–Kier alpha value is -2.55. The number of amides is 3. The summed E-state index contributed by atoms with van der Waals surface area (Å²) < 4.78 is 5.09. The van der Waals surface area contributed by atoms with Crippen LogP contribution in [0.1, 0.15) is 37.0 Å². The Labute approximate surface area is 174 Å². The number of thioether (sulfide) groups is 1. The van der Waals surface area contributed by atoms with E-state index in [9.17, 15) is 19.2 Å². The fraction of sp³-hybridized carbons (Fsp3) is 0.500. The highest BCUT2D eigenvalue weighted by Crippen LogP contribution is 2.24. The Morgan fingerprint density at radius 1 is 1.17 bits per heavy atom. The van der Waals surface area contributed by atoms with E-state index in [0.717, 1.165) is 25.9 Å². The quantitative estimate of drug-likeness (QED) is 0.459. The minimum absolute atomic E-state index is 0.0504. The van der Waals surface area contributed by atoms with Gasteiger partial charge < -0.3 is 20.3 Å². The van der Waals surface area contributed by atoms with E-state index in [1.54, 1.807) is 38.1 Å². The minimum Gasteiger partial charge on any atom is -0.452 e. The molecule has 1 saturated heterocycles. The summed E-state index contributed by atoms with van der Waals surface area (Å²) in [7, 11) is 0. The summed E-state index contributed by atoms with van der Waals surface area (Å²) in [6.07, 6.45) is 2.06. The summed E-state index contributed by atoms with van der Waals surface area (Å²) in [5, 5.41) is 5.07. The molecule has 1 aromatic rings. The van der Waals surface area contributed by atoms with Crippen molar-refractivity contribution in [3.63, 3.8) is 0 Å². The molecule has 8 nitrogen and oxygen atoms in total. The van der Waals surface area contributed by atoms with Gasteiger partial charge in [-0.25, -0.2) is 4.79 Å². The first kappa shape index (κ1) is 22.7. The fourth-order valence-electron chi connectivity index (χ4n) is 2.84. The predicted molar refractivity (Wildman–Crippen MR) is 110 cm³/mol. The van der Waals surface area contributed by atoms with Crippen molar-refractivity contribution >= 4 is 35.5 Å². The van der Waals surface area contributed by atoms with Gasteiger partial charge in [-0.05, 0) is 38.8 Å². The first-order valence-corrected chi connectivity index (χ1v) is 10.6. The summed E-state index contributed by atoms with van der Waals surface area (Å²) in [5.74, 6) is -1.23. The lowest BCUT2D eigenvalue weighted by Gasteiger charge is -2.15. The maximum Gasteiger partial charge on any atom is 0.339 e. The van der Waals surface area contributed by atoms with Crippen LogP contribution < -0.4 is 10.6 Å². The van der Waals surface area contributed by atoms with Gasteiger partial charge in [0.05, 0.1) is 11.3 Å². The van der Waals surface area contributed by atoms with E-state index in [4.69, 9.17) is 4.74 Å². The lowest BCUT2D eigenvalue weighted by atomic mass is 10.2. The summed E-state index contributed by atoms with van der Waals surface area (Å²) in [6.45, 7) is 4.87. The molecule has 158 valence electrons. The molecule has 0 bridgehead atoms. The summed E-state index contributed by atoms with van der Waals surface area (Å²) in [5.41, 5.74) is 0.302. The Morgan fingerprint density at radius 3 is 2.55 bits per heavy atom. The third kappa shape index (κ3) is 7.08. The maximum absolute atomic E-state index is 12.4. The van der Waals surface area contributed by atoms with Gasteiger partial charge in [0.2, 0.25) is 11.8 Å². The second kappa shape index (κ2) is 11.5. The maximum atomic E-state index is 12.4. The number of carbonyl (C=O) groups is 4. The van der Waals surface area contributed by atoms with Crippen LogP contribution in [0.5, 0.6) is 0 Å². The van der Waals surface area contributed by atoms with Gasteiger partial charge in [-0.1, -0.05) is 12.1 Å².